The zero-order valence-corrected chi connectivity index (χ0v) is 20.0. The lowest BCUT2D eigenvalue weighted by molar-refractivity contribution is 0.511. The zero-order chi connectivity index (χ0) is 22.5. The van der Waals surface area contributed by atoms with E-state index in [0.717, 1.165) is 19.4 Å². The predicted octanol–water partition coefficient (Wildman–Crippen LogP) is 4.11. The van der Waals surface area contributed by atoms with E-state index in [9.17, 15) is 9.59 Å². The van der Waals surface area contributed by atoms with Gasteiger partial charge >= 0.3 is 5.69 Å². The van der Waals surface area contributed by atoms with Crippen molar-refractivity contribution >= 4 is 11.2 Å². The van der Waals surface area contributed by atoms with Crippen LogP contribution in [0.5, 0.6) is 0 Å². The van der Waals surface area contributed by atoms with Gasteiger partial charge in [0.2, 0.25) is 0 Å². The van der Waals surface area contributed by atoms with Crippen LogP contribution in [0.25, 0.3) is 11.2 Å². The van der Waals surface area contributed by atoms with Gasteiger partial charge in [0.05, 0.1) is 6.33 Å². The molecule has 176 valence electrons. The van der Waals surface area contributed by atoms with Crippen molar-refractivity contribution in [3.05, 3.63) is 27.2 Å². The minimum atomic E-state index is -0.272. The molecule has 2 aromatic heterocycles. The molecule has 0 aliphatic carbocycles. The number of hydrogen-bond acceptors (Lipinski definition) is 4. The molecule has 0 bridgehead atoms. The van der Waals surface area contributed by atoms with Crippen LogP contribution in [0.3, 0.4) is 0 Å². The number of nitrogens with one attached hydrogen (secondary N) is 1. The molecule has 0 atom stereocenters. The normalized spacial score (nSPS) is 11.6. The van der Waals surface area contributed by atoms with Crippen molar-refractivity contribution in [1.29, 1.82) is 0 Å². The van der Waals surface area contributed by atoms with Crippen molar-refractivity contribution in [2.24, 2.45) is 14.1 Å². The molecule has 0 aliphatic rings. The van der Waals surface area contributed by atoms with E-state index in [1.54, 1.807) is 25.0 Å². The number of aromatic nitrogens is 4. The van der Waals surface area contributed by atoms with Crippen molar-refractivity contribution in [2.75, 3.05) is 13.1 Å². The third-order valence-electron chi connectivity index (χ3n) is 6.14. The lowest BCUT2D eigenvalue weighted by Gasteiger charge is -2.08. The molecule has 2 heterocycles. The molecule has 0 fully saturated rings. The molecule has 2 aromatic rings. The number of imidazole rings is 1. The van der Waals surface area contributed by atoms with Gasteiger partial charge in [-0.3, -0.25) is 13.9 Å². The first-order valence-corrected chi connectivity index (χ1v) is 12.4. The Morgan fingerprint density at radius 3 is 1.97 bits per heavy atom. The van der Waals surface area contributed by atoms with Crippen LogP contribution in [0.1, 0.15) is 90.4 Å². The molecule has 0 saturated heterocycles. The number of rotatable bonds is 17. The SMILES string of the molecule is CCCCCCNCCCCCCCCCCCn1c(=O)c2c(ncn2C)n(C)c1=O. The fourth-order valence-electron chi connectivity index (χ4n) is 4.15. The lowest BCUT2D eigenvalue weighted by atomic mass is 10.1. The average Bonchev–Trinajstić information content (AvgIpc) is 3.15. The van der Waals surface area contributed by atoms with Gasteiger partial charge in [0.15, 0.2) is 11.2 Å². The van der Waals surface area contributed by atoms with Gasteiger partial charge < -0.3 is 9.88 Å². The molecule has 0 saturated carbocycles. The molecule has 0 aromatic carbocycles. The predicted molar refractivity (Wildman–Crippen MR) is 129 cm³/mol. The largest absolute Gasteiger partial charge is 0.332 e. The van der Waals surface area contributed by atoms with Crippen LogP contribution in [0, 0.1) is 0 Å². The second-order valence-electron chi connectivity index (χ2n) is 8.82. The van der Waals surface area contributed by atoms with Gasteiger partial charge in [0.25, 0.3) is 5.56 Å². The van der Waals surface area contributed by atoms with E-state index >= 15 is 0 Å². The highest BCUT2D eigenvalue weighted by Gasteiger charge is 2.14. The van der Waals surface area contributed by atoms with Crippen LogP contribution in [0.2, 0.25) is 0 Å². The first-order valence-electron chi connectivity index (χ1n) is 12.4. The molecular weight excluding hydrogens is 390 g/mol. The average molecular weight is 434 g/mol. The van der Waals surface area contributed by atoms with Crippen molar-refractivity contribution in [3.8, 4) is 0 Å². The number of hydrogen-bond donors (Lipinski definition) is 1. The molecule has 0 radical (unpaired) electrons. The Bertz CT molecular complexity index is 880. The van der Waals surface area contributed by atoms with E-state index in [4.69, 9.17) is 0 Å². The topological polar surface area (TPSA) is 73.8 Å². The second-order valence-corrected chi connectivity index (χ2v) is 8.82. The minimum Gasteiger partial charge on any atom is -0.328 e. The quantitative estimate of drug-likeness (QED) is 0.381. The van der Waals surface area contributed by atoms with Gasteiger partial charge in [0.1, 0.15) is 0 Å². The van der Waals surface area contributed by atoms with E-state index in [0.29, 0.717) is 17.7 Å². The van der Waals surface area contributed by atoms with E-state index in [-0.39, 0.29) is 11.2 Å². The summed E-state index contributed by atoms with van der Waals surface area (Å²) < 4.78 is 4.53. The van der Waals surface area contributed by atoms with Crippen LogP contribution in [-0.4, -0.2) is 31.8 Å². The summed E-state index contributed by atoms with van der Waals surface area (Å²) in [5, 5.41) is 3.55. The third-order valence-corrected chi connectivity index (χ3v) is 6.14. The van der Waals surface area contributed by atoms with Crippen LogP contribution >= 0.6 is 0 Å². The summed E-state index contributed by atoms with van der Waals surface area (Å²) in [5.74, 6) is 0. The van der Waals surface area contributed by atoms with Crippen molar-refractivity contribution in [2.45, 2.75) is 96.9 Å². The van der Waals surface area contributed by atoms with Crippen LogP contribution in [0.15, 0.2) is 15.9 Å². The Labute approximate surface area is 186 Å². The number of nitrogens with zero attached hydrogens (tertiary/aromatic N) is 4. The van der Waals surface area contributed by atoms with Gasteiger partial charge in [-0.25, -0.2) is 9.78 Å². The summed E-state index contributed by atoms with van der Waals surface area (Å²) in [7, 11) is 3.47. The molecule has 0 aliphatic heterocycles. The standard InChI is InChI=1S/C24H43N5O2/c1-4-5-6-14-17-25-18-15-12-10-8-7-9-11-13-16-19-29-23(30)21-22(26-20-27(21)2)28(3)24(29)31/h20,25H,4-19H2,1-3H3. The summed E-state index contributed by atoms with van der Waals surface area (Å²) in [6, 6.07) is 0. The van der Waals surface area contributed by atoms with Gasteiger partial charge in [-0.1, -0.05) is 71.1 Å². The second kappa shape index (κ2) is 14.2. The maximum Gasteiger partial charge on any atom is 0.332 e. The fourth-order valence-corrected chi connectivity index (χ4v) is 4.15. The summed E-state index contributed by atoms with van der Waals surface area (Å²) in [6.07, 6.45) is 17.8. The molecule has 7 nitrogen and oxygen atoms in total. The number of unbranched alkanes of at least 4 members (excludes halogenated alkanes) is 11. The summed E-state index contributed by atoms with van der Waals surface area (Å²) in [4.78, 5) is 29.3. The molecule has 0 amide bonds. The van der Waals surface area contributed by atoms with E-state index in [2.05, 4.69) is 17.2 Å². The molecular formula is C24H43N5O2. The molecule has 31 heavy (non-hydrogen) atoms. The van der Waals surface area contributed by atoms with Gasteiger partial charge in [0, 0.05) is 20.6 Å². The Hall–Kier alpha value is -1.89. The van der Waals surface area contributed by atoms with Gasteiger partial charge in [-0.2, -0.15) is 0 Å². The van der Waals surface area contributed by atoms with Gasteiger partial charge in [-0.05, 0) is 32.4 Å². The minimum absolute atomic E-state index is 0.228. The molecule has 2 rings (SSSR count). The highest BCUT2D eigenvalue weighted by Crippen LogP contribution is 2.10. The maximum absolute atomic E-state index is 12.7. The Morgan fingerprint density at radius 2 is 1.35 bits per heavy atom. The van der Waals surface area contributed by atoms with Gasteiger partial charge in [-0.15, -0.1) is 0 Å². The smallest absolute Gasteiger partial charge is 0.328 e. The Morgan fingerprint density at radius 1 is 0.806 bits per heavy atom. The van der Waals surface area contributed by atoms with Crippen molar-refractivity contribution < 1.29 is 0 Å². The number of fused-ring (bicyclic) bond motifs is 1. The third kappa shape index (κ3) is 7.95. The van der Waals surface area contributed by atoms with Crippen LogP contribution in [0.4, 0.5) is 0 Å². The first kappa shape index (κ1) is 25.4. The highest BCUT2D eigenvalue weighted by atomic mass is 16.2. The zero-order valence-electron chi connectivity index (χ0n) is 20.0. The van der Waals surface area contributed by atoms with Crippen molar-refractivity contribution in [3.63, 3.8) is 0 Å². The molecule has 1 N–H and O–H groups in total. The molecule has 0 unspecified atom stereocenters. The van der Waals surface area contributed by atoms with Crippen LogP contribution < -0.4 is 16.6 Å². The van der Waals surface area contributed by atoms with E-state index in [1.165, 1.54) is 86.3 Å². The summed E-state index contributed by atoms with van der Waals surface area (Å²) in [6.45, 7) is 5.07. The number of aryl methyl sites for hydroxylation is 2. The molecule has 0 spiro atoms. The van der Waals surface area contributed by atoms with Crippen molar-refractivity contribution in [1.82, 2.24) is 24.0 Å². The van der Waals surface area contributed by atoms with E-state index in [1.807, 2.05) is 0 Å². The monoisotopic (exact) mass is 433 g/mol. The highest BCUT2D eigenvalue weighted by molar-refractivity contribution is 5.69. The summed E-state index contributed by atoms with van der Waals surface area (Å²) in [5.41, 5.74) is 0.450. The fraction of sp³-hybridized carbons (Fsp3) is 0.792. The Kier molecular flexibility index (Phi) is 11.6. The maximum atomic E-state index is 12.7. The van der Waals surface area contributed by atoms with Crippen LogP contribution in [-0.2, 0) is 20.6 Å². The molecule has 7 heteroatoms. The Balaban J connectivity index is 1.52. The first-order chi connectivity index (χ1) is 15.1. The van der Waals surface area contributed by atoms with E-state index < -0.39 is 0 Å². The lowest BCUT2D eigenvalue weighted by Crippen LogP contribution is -2.39. The summed E-state index contributed by atoms with van der Waals surface area (Å²) >= 11 is 0.